The van der Waals surface area contributed by atoms with Crippen molar-refractivity contribution in [2.24, 2.45) is 17.8 Å². The van der Waals surface area contributed by atoms with Gasteiger partial charge in [-0.15, -0.1) is 0 Å². The third-order valence-corrected chi connectivity index (χ3v) is 10.7. The molecule has 0 N–H and O–H groups in total. The molecule has 2 heteroatoms. The Labute approximate surface area is 271 Å². The molecule has 46 heavy (non-hydrogen) atoms. The van der Waals surface area contributed by atoms with Crippen LogP contribution in [0.3, 0.4) is 0 Å². The lowest BCUT2D eigenvalue weighted by atomic mass is 9.73. The number of nitrogens with zero attached hydrogens (tertiary/aromatic N) is 2. The number of hydrogen-bond donors (Lipinski definition) is 0. The zero-order valence-electron chi connectivity index (χ0n) is 26.4. The van der Waals surface area contributed by atoms with Crippen molar-refractivity contribution in [3.63, 3.8) is 0 Å². The van der Waals surface area contributed by atoms with E-state index in [1.807, 2.05) is 0 Å². The minimum atomic E-state index is 0.223. The van der Waals surface area contributed by atoms with E-state index < -0.39 is 0 Å². The minimum Gasteiger partial charge on any atom is -0.357 e. The Kier molecular flexibility index (Phi) is 6.38. The normalized spacial score (nSPS) is 26.1. The molecule has 0 spiro atoms. The van der Waals surface area contributed by atoms with Gasteiger partial charge < -0.3 is 9.47 Å². The van der Waals surface area contributed by atoms with Crippen molar-refractivity contribution in [2.45, 2.75) is 31.8 Å². The summed E-state index contributed by atoms with van der Waals surface area (Å²) in [5, 5.41) is 2.64. The molecule has 4 aromatic carbocycles. The average molecular weight is 595 g/mol. The van der Waals surface area contributed by atoms with Crippen LogP contribution in [0.4, 0.5) is 5.69 Å². The van der Waals surface area contributed by atoms with Crippen molar-refractivity contribution in [3.8, 4) is 5.69 Å². The first-order chi connectivity index (χ1) is 22.7. The van der Waals surface area contributed by atoms with Crippen LogP contribution in [0.1, 0.15) is 22.6 Å². The van der Waals surface area contributed by atoms with E-state index in [0.717, 1.165) is 0 Å². The zero-order chi connectivity index (χ0) is 30.8. The Bertz CT molecular complexity index is 2170. The van der Waals surface area contributed by atoms with Crippen molar-refractivity contribution in [3.05, 3.63) is 180 Å². The molecule has 0 saturated carbocycles. The fraction of sp³-hybridized carbons (Fsp3) is 0.182. The highest BCUT2D eigenvalue weighted by Crippen LogP contribution is 2.48. The number of aryl methyl sites for hydroxylation is 2. The second kappa shape index (κ2) is 10.8. The van der Waals surface area contributed by atoms with Gasteiger partial charge in [-0.1, -0.05) is 127 Å². The molecule has 1 aromatic heterocycles. The molecule has 2 nitrogen and oxygen atoms in total. The molecule has 1 aliphatic heterocycles. The molecule has 4 aliphatic rings. The predicted molar refractivity (Wildman–Crippen MR) is 194 cm³/mol. The van der Waals surface area contributed by atoms with Gasteiger partial charge in [0, 0.05) is 45.8 Å². The fourth-order valence-electron chi connectivity index (χ4n) is 8.68. The van der Waals surface area contributed by atoms with Crippen LogP contribution in [0.15, 0.2) is 163 Å². The average Bonchev–Trinajstić information content (AvgIpc) is 3.61. The first kappa shape index (κ1) is 27.2. The van der Waals surface area contributed by atoms with Crippen LogP contribution in [0.5, 0.6) is 0 Å². The van der Waals surface area contributed by atoms with Gasteiger partial charge in [0.25, 0.3) is 0 Å². The summed E-state index contributed by atoms with van der Waals surface area (Å²) in [5.74, 6) is 1.35. The smallest absolute Gasteiger partial charge is 0.0579 e. The highest BCUT2D eigenvalue weighted by molar-refractivity contribution is 6.10. The van der Waals surface area contributed by atoms with E-state index in [0.29, 0.717) is 23.9 Å². The first-order valence-corrected chi connectivity index (χ1v) is 16.7. The van der Waals surface area contributed by atoms with Gasteiger partial charge in [0.05, 0.1) is 23.1 Å². The van der Waals surface area contributed by atoms with Crippen molar-refractivity contribution in [2.75, 3.05) is 4.90 Å². The predicted octanol–water partition coefficient (Wildman–Crippen LogP) is 10.3. The lowest BCUT2D eigenvalue weighted by Crippen LogP contribution is -2.37. The van der Waals surface area contributed by atoms with Crippen LogP contribution in [0.2, 0.25) is 0 Å². The molecule has 1 fully saturated rings. The maximum Gasteiger partial charge on any atom is 0.0579 e. The standard InChI is InChI=1S/C44H38N2/c1-29-12-10-15-33(26-29)45-41-21-9-8-18-36(41)40-28-31(23-25-42(40)45)34-16-6-7-17-35(34)37-19-11-20-38-39-27-30(2)22-24-43(39)46(44(37)38)32-13-4-3-5-14-32/h3-28,34-36,40-42H,1-2H3. The number of aromatic nitrogens is 1. The molecule has 5 aromatic rings. The van der Waals surface area contributed by atoms with Crippen LogP contribution in [0, 0.1) is 31.6 Å². The summed E-state index contributed by atoms with van der Waals surface area (Å²) in [5.41, 5.74) is 10.5. The Hall–Kier alpha value is -5.08. The molecular formula is C44H38N2. The second-order valence-electron chi connectivity index (χ2n) is 13.4. The SMILES string of the molecule is Cc1cccc(N2C3C=CC=CC3C3C=C(C4C=CC=CC4c4cccc5c6cc(C)ccc6n(-c6ccccc6)c45)C=CC32)c1. The van der Waals surface area contributed by atoms with Crippen LogP contribution in [-0.2, 0) is 0 Å². The van der Waals surface area contributed by atoms with Gasteiger partial charge >= 0.3 is 0 Å². The van der Waals surface area contributed by atoms with E-state index in [1.165, 1.54) is 55.4 Å². The number of fused-ring (bicyclic) bond motifs is 6. The van der Waals surface area contributed by atoms with E-state index in [-0.39, 0.29) is 11.8 Å². The van der Waals surface area contributed by atoms with Crippen molar-refractivity contribution in [1.29, 1.82) is 0 Å². The summed E-state index contributed by atoms with van der Waals surface area (Å²) in [6, 6.07) is 34.4. The summed E-state index contributed by atoms with van der Waals surface area (Å²) in [4.78, 5) is 2.65. The topological polar surface area (TPSA) is 8.17 Å². The molecule has 2 heterocycles. The van der Waals surface area contributed by atoms with Gasteiger partial charge in [-0.05, 0) is 66.9 Å². The van der Waals surface area contributed by atoms with Gasteiger partial charge in [0.2, 0.25) is 0 Å². The number of benzene rings is 4. The Morgan fingerprint density at radius 2 is 1.28 bits per heavy atom. The molecule has 6 atom stereocenters. The third-order valence-electron chi connectivity index (χ3n) is 10.7. The van der Waals surface area contributed by atoms with Crippen molar-refractivity contribution >= 4 is 27.5 Å². The maximum atomic E-state index is 2.65. The van der Waals surface area contributed by atoms with Crippen LogP contribution < -0.4 is 4.90 Å². The summed E-state index contributed by atoms with van der Waals surface area (Å²) >= 11 is 0. The molecule has 224 valence electrons. The molecule has 6 unspecified atom stereocenters. The van der Waals surface area contributed by atoms with E-state index in [9.17, 15) is 0 Å². The van der Waals surface area contributed by atoms with E-state index in [1.54, 1.807) is 0 Å². The number of para-hydroxylation sites is 2. The van der Waals surface area contributed by atoms with E-state index >= 15 is 0 Å². The minimum absolute atomic E-state index is 0.223. The number of anilines is 1. The number of allylic oxidation sites excluding steroid dienone is 8. The molecule has 0 amide bonds. The number of rotatable bonds is 4. The highest BCUT2D eigenvalue weighted by atomic mass is 15.2. The van der Waals surface area contributed by atoms with Crippen LogP contribution in [0.25, 0.3) is 27.5 Å². The summed E-state index contributed by atoms with van der Waals surface area (Å²) in [7, 11) is 0. The lowest BCUT2D eigenvalue weighted by molar-refractivity contribution is 0.515. The van der Waals surface area contributed by atoms with Crippen molar-refractivity contribution < 1.29 is 0 Å². The Morgan fingerprint density at radius 3 is 2.15 bits per heavy atom. The molecular weight excluding hydrogens is 556 g/mol. The second-order valence-corrected chi connectivity index (χ2v) is 13.4. The monoisotopic (exact) mass is 594 g/mol. The summed E-state index contributed by atoms with van der Waals surface area (Å²) < 4.78 is 2.49. The highest BCUT2D eigenvalue weighted by Gasteiger charge is 2.47. The third kappa shape index (κ3) is 4.24. The van der Waals surface area contributed by atoms with E-state index in [4.69, 9.17) is 0 Å². The zero-order valence-corrected chi connectivity index (χ0v) is 26.4. The quantitative estimate of drug-likeness (QED) is 0.201. The van der Waals surface area contributed by atoms with Gasteiger partial charge in [-0.2, -0.15) is 0 Å². The van der Waals surface area contributed by atoms with Crippen molar-refractivity contribution in [1.82, 2.24) is 4.57 Å². The summed E-state index contributed by atoms with van der Waals surface area (Å²) in [6.07, 6.45) is 26.2. The lowest BCUT2D eigenvalue weighted by Gasteiger charge is -2.34. The summed E-state index contributed by atoms with van der Waals surface area (Å²) in [6.45, 7) is 4.39. The molecule has 0 radical (unpaired) electrons. The molecule has 1 saturated heterocycles. The molecule has 9 rings (SSSR count). The maximum absolute atomic E-state index is 2.65. The van der Waals surface area contributed by atoms with Gasteiger partial charge in [-0.25, -0.2) is 0 Å². The molecule has 3 aliphatic carbocycles. The van der Waals surface area contributed by atoms with Crippen LogP contribution >= 0.6 is 0 Å². The Morgan fingerprint density at radius 1 is 0.543 bits per heavy atom. The number of hydrogen-bond acceptors (Lipinski definition) is 1. The van der Waals surface area contributed by atoms with Gasteiger partial charge in [0.1, 0.15) is 0 Å². The van der Waals surface area contributed by atoms with E-state index in [2.05, 4.69) is 181 Å². The Balaban J connectivity index is 1.17. The van der Waals surface area contributed by atoms with Gasteiger partial charge in [-0.3, -0.25) is 0 Å². The van der Waals surface area contributed by atoms with Crippen LogP contribution in [-0.4, -0.2) is 16.7 Å². The van der Waals surface area contributed by atoms with Gasteiger partial charge in [0.15, 0.2) is 0 Å². The fourth-order valence-corrected chi connectivity index (χ4v) is 8.68. The first-order valence-electron chi connectivity index (χ1n) is 16.7. The largest absolute Gasteiger partial charge is 0.357 e. The molecule has 0 bridgehead atoms.